The molecule has 0 atom stereocenters. The van der Waals surface area contributed by atoms with Crippen molar-refractivity contribution in [3.05, 3.63) is 73.4 Å². The van der Waals surface area contributed by atoms with Crippen LogP contribution in [0.2, 0.25) is 5.02 Å². The maximum absolute atomic E-state index is 13.8. The minimum Gasteiger partial charge on any atom is -0.491 e. The Kier molecular flexibility index (Phi) is 7.30. The quantitative estimate of drug-likeness (QED) is 0.260. The Labute approximate surface area is 259 Å². The van der Waals surface area contributed by atoms with E-state index in [4.69, 9.17) is 21.3 Å². The number of carbonyl (C=O) groups is 1. The second-order valence-corrected chi connectivity index (χ2v) is 13.7. The fraction of sp³-hybridized carbons (Fsp3) is 0.455. The van der Waals surface area contributed by atoms with Gasteiger partial charge in [0.25, 0.3) is 5.56 Å². The van der Waals surface area contributed by atoms with Gasteiger partial charge < -0.3 is 14.7 Å². The van der Waals surface area contributed by atoms with Crippen molar-refractivity contribution in [3.8, 4) is 16.9 Å². The average molecular weight is 619 g/mol. The van der Waals surface area contributed by atoms with Crippen molar-refractivity contribution < 1.29 is 14.6 Å². The average Bonchev–Trinajstić information content (AvgIpc) is 3.74. The van der Waals surface area contributed by atoms with E-state index in [1.165, 1.54) is 37.0 Å². The number of rotatable bonds is 7. The second kappa shape index (κ2) is 11.0. The van der Waals surface area contributed by atoms with Crippen LogP contribution in [0, 0.1) is 19.3 Å². The maximum Gasteiger partial charge on any atom is 0.338 e. The molecule has 8 nitrogen and oxygen atoms in total. The number of nitrogens with zero attached hydrogens (tertiary/aromatic N) is 4. The van der Waals surface area contributed by atoms with Gasteiger partial charge in [-0.2, -0.15) is 0 Å². The SMILES string of the molecule is Cc1cc(-c2cc(Cl)ccc2OCCn2c(C)nc3c(c2=O)CC2(CC3)CCN(C3CC3)CC2)c2scc(C(=O)O)c2n1. The summed E-state index contributed by atoms with van der Waals surface area (Å²) in [4.78, 5) is 37.7. The topological polar surface area (TPSA) is 97.6 Å². The van der Waals surface area contributed by atoms with Gasteiger partial charge in [0.2, 0.25) is 0 Å². The second-order valence-electron chi connectivity index (χ2n) is 12.4. The summed E-state index contributed by atoms with van der Waals surface area (Å²) in [5.74, 6) is 0.320. The third-order valence-electron chi connectivity index (χ3n) is 9.59. The van der Waals surface area contributed by atoms with E-state index in [9.17, 15) is 14.7 Å². The summed E-state index contributed by atoms with van der Waals surface area (Å²) in [6, 6.07) is 8.16. The van der Waals surface area contributed by atoms with Crippen LogP contribution in [0.15, 0.2) is 34.4 Å². The fourth-order valence-electron chi connectivity index (χ4n) is 7.06. The third-order valence-corrected chi connectivity index (χ3v) is 10.8. The van der Waals surface area contributed by atoms with Gasteiger partial charge in [-0.15, -0.1) is 11.3 Å². The zero-order valence-corrected chi connectivity index (χ0v) is 26.1. The van der Waals surface area contributed by atoms with Crippen molar-refractivity contribution in [1.29, 1.82) is 0 Å². The number of hydrogen-bond donors (Lipinski definition) is 1. The Hall–Kier alpha value is -3.27. The molecule has 0 amide bonds. The van der Waals surface area contributed by atoms with Crippen LogP contribution in [0.4, 0.5) is 0 Å². The van der Waals surface area contributed by atoms with Crippen molar-refractivity contribution in [3.63, 3.8) is 0 Å². The highest BCUT2D eigenvalue weighted by atomic mass is 35.5. The number of hydrogen-bond acceptors (Lipinski definition) is 7. The standard InChI is InChI=1S/C33H35ClN4O4S/c1-19-15-24(30-29(35-19)26(18-43-30)32(40)41)23-16-21(34)3-6-28(23)42-14-13-38-20(2)36-27-7-8-33(17-25(27)31(38)39)9-11-37(12-10-33)22-4-5-22/h3,6,15-16,18,22H,4-5,7-14,17H2,1-2H3,(H,40,41). The number of carboxylic acid groups (broad SMARTS) is 1. The zero-order valence-electron chi connectivity index (χ0n) is 24.5. The number of benzene rings is 1. The van der Waals surface area contributed by atoms with Gasteiger partial charge in [-0.3, -0.25) is 14.3 Å². The van der Waals surface area contributed by atoms with Crippen molar-refractivity contribution >= 4 is 39.1 Å². The molecule has 3 aliphatic rings. The Morgan fingerprint density at radius 1 is 1.14 bits per heavy atom. The number of ether oxygens (including phenoxy) is 1. The molecular weight excluding hydrogens is 584 g/mol. The summed E-state index contributed by atoms with van der Waals surface area (Å²) in [5, 5.41) is 11.8. The van der Waals surface area contributed by atoms with Crippen molar-refractivity contribution in [2.24, 2.45) is 5.41 Å². The number of likely N-dealkylation sites (tertiary alicyclic amines) is 1. The van der Waals surface area contributed by atoms with E-state index < -0.39 is 5.97 Å². The summed E-state index contributed by atoms with van der Waals surface area (Å²) < 4.78 is 8.84. The molecule has 10 heteroatoms. The predicted molar refractivity (Wildman–Crippen MR) is 169 cm³/mol. The minimum absolute atomic E-state index is 0.0670. The summed E-state index contributed by atoms with van der Waals surface area (Å²) in [6.45, 7) is 6.70. The molecule has 43 heavy (non-hydrogen) atoms. The Morgan fingerprint density at radius 3 is 2.67 bits per heavy atom. The monoisotopic (exact) mass is 618 g/mol. The molecule has 1 saturated heterocycles. The first kappa shape index (κ1) is 28.5. The summed E-state index contributed by atoms with van der Waals surface area (Å²) in [6.07, 6.45) is 7.84. The zero-order chi connectivity index (χ0) is 29.9. The number of aromatic nitrogens is 3. The lowest BCUT2D eigenvalue weighted by atomic mass is 9.67. The number of fused-ring (bicyclic) bond motifs is 2. The van der Waals surface area contributed by atoms with Gasteiger partial charge in [0, 0.05) is 38.8 Å². The molecule has 1 N–H and O–H groups in total. The van der Waals surface area contributed by atoms with Crippen LogP contribution in [0.5, 0.6) is 5.75 Å². The fourth-order valence-corrected chi connectivity index (χ4v) is 8.24. The largest absolute Gasteiger partial charge is 0.491 e. The normalized spacial score (nSPS) is 18.2. The van der Waals surface area contributed by atoms with Crippen molar-refractivity contribution in [1.82, 2.24) is 19.4 Å². The van der Waals surface area contributed by atoms with Crippen LogP contribution in [0.1, 0.15) is 65.2 Å². The molecule has 3 aromatic heterocycles. The van der Waals surface area contributed by atoms with Gasteiger partial charge in [-0.05, 0) is 102 Å². The highest BCUT2D eigenvalue weighted by molar-refractivity contribution is 7.18. The van der Waals surface area contributed by atoms with Crippen LogP contribution in [0.25, 0.3) is 21.3 Å². The van der Waals surface area contributed by atoms with E-state index in [1.54, 1.807) is 16.0 Å². The van der Waals surface area contributed by atoms with Gasteiger partial charge in [0.15, 0.2) is 0 Å². The van der Waals surface area contributed by atoms with Gasteiger partial charge in [0.1, 0.15) is 18.2 Å². The lowest BCUT2D eigenvalue weighted by Crippen LogP contribution is -2.45. The molecule has 4 aromatic rings. The Balaban J connectivity index is 1.13. The van der Waals surface area contributed by atoms with E-state index in [1.807, 2.05) is 32.0 Å². The molecule has 1 spiro atoms. The lowest BCUT2D eigenvalue weighted by Gasteiger charge is -2.44. The van der Waals surface area contributed by atoms with Crippen molar-refractivity contribution in [2.75, 3.05) is 19.7 Å². The molecule has 7 rings (SSSR count). The van der Waals surface area contributed by atoms with Crippen LogP contribution in [-0.2, 0) is 19.4 Å². The number of halogens is 1. The molecule has 0 bridgehead atoms. The molecule has 2 aliphatic carbocycles. The highest BCUT2D eigenvalue weighted by Gasteiger charge is 2.42. The number of aromatic carboxylic acids is 1. The minimum atomic E-state index is -1.01. The molecule has 2 fully saturated rings. The smallest absolute Gasteiger partial charge is 0.338 e. The van der Waals surface area contributed by atoms with E-state index >= 15 is 0 Å². The summed E-state index contributed by atoms with van der Waals surface area (Å²) >= 11 is 7.76. The van der Waals surface area contributed by atoms with Gasteiger partial charge in [-0.25, -0.2) is 9.78 Å². The number of carboxylic acids is 1. The highest BCUT2D eigenvalue weighted by Crippen LogP contribution is 2.44. The first-order valence-corrected chi connectivity index (χ1v) is 16.4. The third kappa shape index (κ3) is 5.36. The molecule has 0 radical (unpaired) electrons. The van der Waals surface area contributed by atoms with Crippen LogP contribution >= 0.6 is 22.9 Å². The number of pyridine rings is 1. The number of thiophene rings is 1. The first-order valence-electron chi connectivity index (χ1n) is 15.1. The first-order chi connectivity index (χ1) is 20.7. The number of piperidine rings is 1. The maximum atomic E-state index is 13.8. The van der Waals surface area contributed by atoms with E-state index in [-0.39, 0.29) is 23.1 Å². The predicted octanol–water partition coefficient (Wildman–Crippen LogP) is 6.30. The van der Waals surface area contributed by atoms with Crippen molar-refractivity contribution in [2.45, 2.75) is 71.4 Å². The molecule has 1 saturated carbocycles. The molecule has 224 valence electrons. The molecule has 0 unspecified atom stereocenters. The van der Waals surface area contributed by atoms with Gasteiger partial charge in [-0.1, -0.05) is 11.6 Å². The van der Waals surface area contributed by atoms with Gasteiger partial charge in [0.05, 0.1) is 28.0 Å². The summed E-state index contributed by atoms with van der Waals surface area (Å²) in [7, 11) is 0. The van der Waals surface area contributed by atoms with E-state index in [2.05, 4.69) is 9.88 Å². The molecule has 1 aliphatic heterocycles. The van der Waals surface area contributed by atoms with Crippen LogP contribution in [-0.4, -0.2) is 56.2 Å². The van der Waals surface area contributed by atoms with E-state index in [0.29, 0.717) is 28.5 Å². The van der Waals surface area contributed by atoms with Crippen LogP contribution < -0.4 is 10.3 Å². The molecule has 1 aromatic carbocycles. The summed E-state index contributed by atoms with van der Waals surface area (Å²) in [5.41, 5.74) is 5.07. The molecule has 4 heterocycles. The Bertz CT molecular complexity index is 1800. The van der Waals surface area contributed by atoms with Crippen LogP contribution in [0.3, 0.4) is 0 Å². The van der Waals surface area contributed by atoms with Gasteiger partial charge >= 0.3 is 5.97 Å². The number of aryl methyl sites for hydroxylation is 3. The molecular formula is C33H35ClN4O4S. The Morgan fingerprint density at radius 2 is 1.93 bits per heavy atom. The van der Waals surface area contributed by atoms with E-state index in [0.717, 1.165) is 71.3 Å². The lowest BCUT2D eigenvalue weighted by molar-refractivity contribution is 0.0699.